The maximum Gasteiger partial charge on any atom is 0.326 e. The van der Waals surface area contributed by atoms with Crippen LogP contribution < -0.4 is 5.32 Å². The number of carbonyl (C=O) groups excluding carboxylic acids is 1. The van der Waals surface area contributed by atoms with E-state index < -0.39 is 5.54 Å². The van der Waals surface area contributed by atoms with E-state index in [-0.39, 0.29) is 5.97 Å². The van der Waals surface area contributed by atoms with Crippen LogP contribution >= 0.6 is 0 Å². The normalized spacial score (nSPS) is 26.6. The number of likely N-dealkylation sites (N-methyl/N-ethyl adjacent to an activating group) is 1. The molecule has 4 heteroatoms. The van der Waals surface area contributed by atoms with Crippen molar-refractivity contribution in [2.24, 2.45) is 11.8 Å². The number of ether oxygens (including phenoxy) is 1. The van der Waals surface area contributed by atoms with E-state index in [2.05, 4.69) is 37.9 Å². The molecule has 0 aliphatic heterocycles. The lowest BCUT2D eigenvalue weighted by molar-refractivity contribution is -0.151. The van der Waals surface area contributed by atoms with Gasteiger partial charge in [0.15, 0.2) is 0 Å². The minimum Gasteiger partial charge on any atom is -0.468 e. The van der Waals surface area contributed by atoms with Gasteiger partial charge in [0.05, 0.1) is 7.11 Å². The van der Waals surface area contributed by atoms with Crippen LogP contribution in [0.2, 0.25) is 0 Å². The van der Waals surface area contributed by atoms with Crippen LogP contribution in [-0.2, 0) is 9.53 Å². The number of hydrogen-bond donors (Lipinski definition) is 1. The smallest absolute Gasteiger partial charge is 0.326 e. The molecule has 124 valence electrons. The van der Waals surface area contributed by atoms with Gasteiger partial charge in [0, 0.05) is 19.1 Å². The molecule has 0 spiro atoms. The van der Waals surface area contributed by atoms with Gasteiger partial charge in [0.1, 0.15) is 5.54 Å². The summed E-state index contributed by atoms with van der Waals surface area (Å²) in [5.41, 5.74) is -0.496. The molecule has 2 unspecified atom stereocenters. The first kappa shape index (κ1) is 18.4. The highest BCUT2D eigenvalue weighted by atomic mass is 16.5. The first-order valence-electron chi connectivity index (χ1n) is 8.36. The summed E-state index contributed by atoms with van der Waals surface area (Å²) in [6.07, 6.45) is 3.99. The average molecular weight is 298 g/mol. The Morgan fingerprint density at radius 2 is 1.86 bits per heavy atom. The van der Waals surface area contributed by atoms with Crippen LogP contribution in [0.5, 0.6) is 0 Å². The van der Waals surface area contributed by atoms with Gasteiger partial charge in [0.2, 0.25) is 0 Å². The molecule has 1 saturated carbocycles. The van der Waals surface area contributed by atoms with Crippen LogP contribution in [0.4, 0.5) is 0 Å². The fourth-order valence-electron chi connectivity index (χ4n) is 3.58. The van der Waals surface area contributed by atoms with Gasteiger partial charge < -0.3 is 10.1 Å². The van der Waals surface area contributed by atoms with Crippen LogP contribution in [0.3, 0.4) is 0 Å². The van der Waals surface area contributed by atoms with Crippen molar-refractivity contribution in [3.63, 3.8) is 0 Å². The number of carbonyl (C=O) groups is 1. The molecular formula is C17H34N2O2. The highest BCUT2D eigenvalue weighted by Gasteiger charge is 2.44. The SMILES string of the molecule is CNC1(C(=O)OC)CCCC(N(CC(C)C)CC(C)C)C1. The molecule has 0 saturated heterocycles. The number of hydrogen-bond acceptors (Lipinski definition) is 4. The molecule has 0 aromatic carbocycles. The second-order valence-electron chi connectivity index (χ2n) is 7.32. The quantitative estimate of drug-likeness (QED) is 0.734. The van der Waals surface area contributed by atoms with E-state index in [0.29, 0.717) is 17.9 Å². The second kappa shape index (κ2) is 8.14. The fraction of sp³-hybridized carbons (Fsp3) is 0.941. The summed E-state index contributed by atoms with van der Waals surface area (Å²) in [5, 5.41) is 3.26. The maximum atomic E-state index is 12.2. The zero-order valence-corrected chi connectivity index (χ0v) is 14.7. The Morgan fingerprint density at radius 1 is 1.29 bits per heavy atom. The first-order chi connectivity index (χ1) is 9.84. The molecule has 1 aliphatic carbocycles. The van der Waals surface area contributed by atoms with E-state index >= 15 is 0 Å². The molecule has 1 N–H and O–H groups in total. The summed E-state index contributed by atoms with van der Waals surface area (Å²) in [5.74, 6) is 1.18. The summed E-state index contributed by atoms with van der Waals surface area (Å²) in [6.45, 7) is 11.3. The van der Waals surface area contributed by atoms with E-state index in [1.807, 2.05) is 7.05 Å². The van der Waals surface area contributed by atoms with E-state index in [0.717, 1.165) is 32.4 Å². The Labute approximate surface area is 130 Å². The van der Waals surface area contributed by atoms with Crippen molar-refractivity contribution in [1.82, 2.24) is 10.2 Å². The Balaban J connectivity index is 2.85. The Kier molecular flexibility index (Phi) is 7.14. The summed E-state index contributed by atoms with van der Waals surface area (Å²) in [6, 6.07) is 0.468. The second-order valence-corrected chi connectivity index (χ2v) is 7.32. The highest BCUT2D eigenvalue weighted by Crippen LogP contribution is 2.32. The van der Waals surface area contributed by atoms with E-state index in [1.54, 1.807) is 0 Å². The third-order valence-corrected chi connectivity index (χ3v) is 4.50. The van der Waals surface area contributed by atoms with Crippen LogP contribution in [0.15, 0.2) is 0 Å². The molecule has 1 rings (SSSR count). The van der Waals surface area contributed by atoms with Crippen molar-refractivity contribution in [3.8, 4) is 0 Å². The van der Waals surface area contributed by atoms with E-state index in [9.17, 15) is 4.79 Å². The topological polar surface area (TPSA) is 41.6 Å². The van der Waals surface area contributed by atoms with Gasteiger partial charge in [-0.2, -0.15) is 0 Å². The summed E-state index contributed by atoms with van der Waals surface area (Å²) < 4.78 is 5.05. The fourth-order valence-corrected chi connectivity index (χ4v) is 3.58. The van der Waals surface area contributed by atoms with Crippen LogP contribution in [0, 0.1) is 11.8 Å². The monoisotopic (exact) mass is 298 g/mol. The molecule has 21 heavy (non-hydrogen) atoms. The number of methoxy groups -OCH3 is 1. The number of nitrogens with zero attached hydrogens (tertiary/aromatic N) is 1. The Morgan fingerprint density at radius 3 is 2.29 bits per heavy atom. The molecule has 4 nitrogen and oxygen atoms in total. The summed E-state index contributed by atoms with van der Waals surface area (Å²) >= 11 is 0. The molecule has 0 aromatic heterocycles. The lowest BCUT2D eigenvalue weighted by Crippen LogP contribution is -2.58. The lowest BCUT2D eigenvalue weighted by atomic mass is 9.78. The molecule has 1 fully saturated rings. The molecule has 2 atom stereocenters. The third-order valence-electron chi connectivity index (χ3n) is 4.50. The van der Waals surface area contributed by atoms with Crippen LogP contribution in [0.25, 0.3) is 0 Å². The van der Waals surface area contributed by atoms with E-state index in [1.165, 1.54) is 13.5 Å². The van der Waals surface area contributed by atoms with Crippen molar-refractivity contribution >= 4 is 5.97 Å². The van der Waals surface area contributed by atoms with Crippen molar-refractivity contribution in [2.45, 2.75) is 65.0 Å². The van der Waals surface area contributed by atoms with Gasteiger partial charge >= 0.3 is 5.97 Å². The van der Waals surface area contributed by atoms with Gasteiger partial charge in [0.25, 0.3) is 0 Å². The number of rotatable bonds is 7. The molecule has 0 radical (unpaired) electrons. The predicted octanol–water partition coefficient (Wildman–Crippen LogP) is 2.67. The standard InChI is InChI=1S/C17H34N2O2/c1-13(2)11-19(12-14(3)4)15-8-7-9-17(10-15,18-5)16(20)21-6/h13-15,18H,7-12H2,1-6H3. The molecule has 0 aromatic rings. The summed E-state index contributed by atoms with van der Waals surface area (Å²) in [4.78, 5) is 14.8. The largest absolute Gasteiger partial charge is 0.468 e. The van der Waals surface area contributed by atoms with Crippen molar-refractivity contribution in [3.05, 3.63) is 0 Å². The maximum absolute atomic E-state index is 12.2. The summed E-state index contributed by atoms with van der Waals surface area (Å²) in [7, 11) is 3.37. The first-order valence-corrected chi connectivity index (χ1v) is 8.36. The average Bonchev–Trinajstić information content (AvgIpc) is 2.44. The van der Waals surface area contributed by atoms with E-state index in [4.69, 9.17) is 4.74 Å². The molecular weight excluding hydrogens is 264 g/mol. The predicted molar refractivity (Wildman–Crippen MR) is 87.3 cm³/mol. The zero-order valence-electron chi connectivity index (χ0n) is 14.7. The molecule has 1 aliphatic rings. The minimum absolute atomic E-state index is 0.108. The Hall–Kier alpha value is -0.610. The van der Waals surface area contributed by atoms with Gasteiger partial charge in [-0.15, -0.1) is 0 Å². The van der Waals surface area contributed by atoms with Crippen molar-refractivity contribution in [2.75, 3.05) is 27.2 Å². The molecule has 0 bridgehead atoms. The van der Waals surface area contributed by atoms with Gasteiger partial charge in [-0.05, 0) is 44.6 Å². The number of esters is 1. The number of nitrogens with one attached hydrogen (secondary N) is 1. The third kappa shape index (κ3) is 4.96. The lowest BCUT2D eigenvalue weighted by Gasteiger charge is -2.44. The van der Waals surface area contributed by atoms with Crippen LogP contribution in [-0.4, -0.2) is 49.7 Å². The van der Waals surface area contributed by atoms with Gasteiger partial charge in [-0.3, -0.25) is 9.69 Å². The van der Waals surface area contributed by atoms with Crippen molar-refractivity contribution in [1.29, 1.82) is 0 Å². The zero-order chi connectivity index (χ0) is 16.0. The Bertz CT molecular complexity index is 321. The van der Waals surface area contributed by atoms with Crippen molar-refractivity contribution < 1.29 is 9.53 Å². The molecule has 0 amide bonds. The minimum atomic E-state index is -0.496. The highest BCUT2D eigenvalue weighted by molar-refractivity contribution is 5.81. The molecule has 0 heterocycles. The van der Waals surface area contributed by atoms with Gasteiger partial charge in [-0.25, -0.2) is 0 Å². The van der Waals surface area contributed by atoms with Gasteiger partial charge in [-0.1, -0.05) is 27.7 Å². The van der Waals surface area contributed by atoms with Crippen LogP contribution in [0.1, 0.15) is 53.4 Å².